The van der Waals surface area contributed by atoms with E-state index in [1.807, 2.05) is 24.3 Å². The Labute approximate surface area is 197 Å². The summed E-state index contributed by atoms with van der Waals surface area (Å²) in [7, 11) is 0. The zero-order valence-corrected chi connectivity index (χ0v) is 18.4. The molecule has 4 atom stereocenters. The summed E-state index contributed by atoms with van der Waals surface area (Å²) in [6, 6.07) is 7.53. The lowest BCUT2D eigenvalue weighted by atomic mass is 10.1. The van der Waals surface area contributed by atoms with Gasteiger partial charge < -0.3 is 31.2 Å². The number of fused-ring (bicyclic) bond motifs is 2. The number of carbonyl (C=O) groups is 1. The quantitative estimate of drug-likeness (QED) is 0.200. The standard InChI is InChI=1S/C21H24N8O6/c22-6-5-10-7-29(12-4-2-1-3-11(10)12)27-21(33)34-8-13-15(30)16(31)19(35-13)28-9-24-14-17(28)25-20(23)26-18(14)32/h1-4,7,9,13,15-16,19,30-31H,5-6,8,22H2,(H,27,33)(H3,23,25,26,32)/t13-,15?,16?,19-/m1/s1. The third-order valence-electron chi connectivity index (χ3n) is 5.86. The first-order chi connectivity index (χ1) is 16.9. The summed E-state index contributed by atoms with van der Waals surface area (Å²) in [5.74, 6) is -0.138. The van der Waals surface area contributed by atoms with Crippen LogP contribution in [0.3, 0.4) is 0 Å². The highest BCUT2D eigenvalue weighted by Gasteiger charge is 2.45. The highest BCUT2D eigenvalue weighted by molar-refractivity contribution is 5.87. The Bertz CT molecular complexity index is 1440. The Morgan fingerprint density at radius 3 is 2.89 bits per heavy atom. The maximum atomic E-state index is 12.5. The van der Waals surface area contributed by atoms with Gasteiger partial charge in [-0.1, -0.05) is 18.2 Å². The van der Waals surface area contributed by atoms with Crippen LogP contribution < -0.4 is 22.5 Å². The molecule has 0 bridgehead atoms. The molecule has 1 aliphatic heterocycles. The number of carbonyl (C=O) groups excluding carboxylic acids is 1. The normalized spacial score (nSPS) is 22.1. The number of aliphatic hydroxyl groups is 2. The predicted molar refractivity (Wildman–Crippen MR) is 124 cm³/mol. The minimum Gasteiger partial charge on any atom is -0.445 e. The minimum atomic E-state index is -1.40. The Balaban J connectivity index is 1.28. The number of para-hydroxylation sites is 1. The number of nitrogens with two attached hydrogens (primary N) is 2. The summed E-state index contributed by atoms with van der Waals surface area (Å²) < 4.78 is 13.8. The number of hydrogen-bond donors (Lipinski definition) is 6. The maximum Gasteiger partial charge on any atom is 0.426 e. The van der Waals surface area contributed by atoms with Crippen molar-refractivity contribution in [3.05, 3.63) is 52.7 Å². The first kappa shape index (κ1) is 22.8. The second-order valence-corrected chi connectivity index (χ2v) is 8.11. The van der Waals surface area contributed by atoms with Crippen LogP contribution in [-0.4, -0.2) is 72.0 Å². The Hall–Kier alpha value is -3.98. The topological polar surface area (TPSA) is 209 Å². The van der Waals surface area contributed by atoms with Gasteiger partial charge in [-0.2, -0.15) is 4.98 Å². The first-order valence-electron chi connectivity index (χ1n) is 10.8. The number of aromatic nitrogens is 5. The molecule has 0 radical (unpaired) electrons. The van der Waals surface area contributed by atoms with E-state index in [2.05, 4.69) is 20.4 Å². The Kier molecular flexibility index (Phi) is 5.86. The van der Waals surface area contributed by atoms with E-state index in [1.54, 1.807) is 6.20 Å². The number of benzene rings is 1. The van der Waals surface area contributed by atoms with Crippen molar-refractivity contribution in [2.24, 2.45) is 5.73 Å². The number of aliphatic hydroxyl groups excluding tert-OH is 2. The molecule has 5 rings (SSSR count). The van der Waals surface area contributed by atoms with Crippen molar-refractivity contribution in [3.63, 3.8) is 0 Å². The number of nitrogens with zero attached hydrogens (tertiary/aromatic N) is 4. The van der Waals surface area contributed by atoms with Crippen LogP contribution in [0.15, 0.2) is 41.6 Å². The number of nitrogens with one attached hydrogen (secondary N) is 2. The molecule has 35 heavy (non-hydrogen) atoms. The first-order valence-corrected chi connectivity index (χ1v) is 10.8. The van der Waals surface area contributed by atoms with E-state index >= 15 is 0 Å². The van der Waals surface area contributed by atoms with Gasteiger partial charge in [0, 0.05) is 11.6 Å². The molecule has 0 aliphatic carbocycles. The molecule has 1 saturated heterocycles. The van der Waals surface area contributed by atoms with Crippen molar-refractivity contribution in [1.29, 1.82) is 0 Å². The summed E-state index contributed by atoms with van der Waals surface area (Å²) in [6.07, 6.45) is -2.09. The summed E-state index contributed by atoms with van der Waals surface area (Å²) in [5.41, 5.74) is 15.2. The fourth-order valence-electron chi connectivity index (χ4n) is 4.21. The lowest BCUT2D eigenvalue weighted by Crippen LogP contribution is -2.35. The molecule has 1 aliphatic rings. The second kappa shape index (κ2) is 8.99. The highest BCUT2D eigenvalue weighted by Crippen LogP contribution is 2.31. The van der Waals surface area contributed by atoms with Crippen LogP contribution in [0.1, 0.15) is 11.8 Å². The van der Waals surface area contributed by atoms with Gasteiger partial charge in [0.2, 0.25) is 5.95 Å². The lowest BCUT2D eigenvalue weighted by Gasteiger charge is -2.16. The molecule has 0 spiro atoms. The smallest absolute Gasteiger partial charge is 0.426 e. The molecule has 4 aromatic rings. The molecule has 3 aromatic heterocycles. The average molecular weight is 484 g/mol. The maximum absolute atomic E-state index is 12.5. The zero-order chi connectivity index (χ0) is 24.7. The Morgan fingerprint density at radius 1 is 1.29 bits per heavy atom. The second-order valence-electron chi connectivity index (χ2n) is 8.11. The van der Waals surface area contributed by atoms with Crippen molar-refractivity contribution >= 4 is 34.1 Å². The summed E-state index contributed by atoms with van der Waals surface area (Å²) in [4.78, 5) is 34.8. The average Bonchev–Trinajstić information content (AvgIpc) is 3.48. The van der Waals surface area contributed by atoms with E-state index in [0.717, 1.165) is 16.5 Å². The number of ether oxygens (including phenoxy) is 2. The third kappa shape index (κ3) is 4.08. The van der Waals surface area contributed by atoms with Crippen molar-refractivity contribution in [3.8, 4) is 0 Å². The molecular weight excluding hydrogens is 460 g/mol. The zero-order valence-electron chi connectivity index (χ0n) is 18.4. The van der Waals surface area contributed by atoms with Gasteiger partial charge in [0.05, 0.1) is 11.8 Å². The van der Waals surface area contributed by atoms with E-state index < -0.39 is 36.2 Å². The van der Waals surface area contributed by atoms with Gasteiger partial charge in [-0.05, 0) is 24.6 Å². The van der Waals surface area contributed by atoms with E-state index in [4.69, 9.17) is 20.9 Å². The largest absolute Gasteiger partial charge is 0.445 e. The number of imidazole rings is 1. The van der Waals surface area contributed by atoms with Crippen molar-refractivity contribution in [2.45, 2.75) is 31.0 Å². The van der Waals surface area contributed by atoms with Gasteiger partial charge in [0.25, 0.3) is 5.56 Å². The molecular formula is C21H24N8O6. The third-order valence-corrected chi connectivity index (χ3v) is 5.86. The van der Waals surface area contributed by atoms with Gasteiger partial charge in [-0.15, -0.1) is 0 Å². The van der Waals surface area contributed by atoms with Crippen LogP contribution in [-0.2, 0) is 15.9 Å². The van der Waals surface area contributed by atoms with Crippen LogP contribution in [0.2, 0.25) is 0 Å². The number of H-pyrrole nitrogens is 1. The molecule has 1 amide bonds. The molecule has 14 heteroatoms. The van der Waals surface area contributed by atoms with E-state index in [0.29, 0.717) is 13.0 Å². The number of aromatic amines is 1. The predicted octanol–water partition coefficient (Wildman–Crippen LogP) is -0.843. The van der Waals surface area contributed by atoms with Gasteiger partial charge in [-0.25, -0.2) is 15.2 Å². The van der Waals surface area contributed by atoms with Crippen LogP contribution in [0, 0.1) is 0 Å². The van der Waals surface area contributed by atoms with Crippen LogP contribution >= 0.6 is 0 Å². The number of nitrogen functional groups attached to an aromatic ring is 1. The summed E-state index contributed by atoms with van der Waals surface area (Å²) in [5, 5.41) is 22.0. The SMILES string of the molecule is NCCc1cn(NC(=O)OC[C@H]2O[C@@H](n3cnc4c(=O)[nH]c(N)nc43)C(O)C2O)c2ccccc12. The van der Waals surface area contributed by atoms with Crippen molar-refractivity contribution < 1.29 is 24.5 Å². The van der Waals surface area contributed by atoms with E-state index in [9.17, 15) is 19.8 Å². The lowest BCUT2D eigenvalue weighted by molar-refractivity contribution is -0.0524. The number of rotatable bonds is 6. The van der Waals surface area contributed by atoms with Crippen LogP contribution in [0.25, 0.3) is 22.1 Å². The van der Waals surface area contributed by atoms with E-state index in [-0.39, 0.29) is 23.7 Å². The fourth-order valence-corrected chi connectivity index (χ4v) is 4.21. The molecule has 184 valence electrons. The number of anilines is 1. The van der Waals surface area contributed by atoms with Crippen LogP contribution in [0.5, 0.6) is 0 Å². The molecule has 2 unspecified atom stereocenters. The number of hydrogen-bond acceptors (Lipinski definition) is 10. The van der Waals surface area contributed by atoms with Crippen LogP contribution in [0.4, 0.5) is 10.7 Å². The molecule has 8 N–H and O–H groups in total. The molecule has 1 aromatic carbocycles. The van der Waals surface area contributed by atoms with Gasteiger partial charge in [-0.3, -0.25) is 19.0 Å². The van der Waals surface area contributed by atoms with Gasteiger partial charge in [0.15, 0.2) is 17.4 Å². The Morgan fingerprint density at radius 2 is 2.09 bits per heavy atom. The molecule has 1 fully saturated rings. The van der Waals surface area contributed by atoms with Gasteiger partial charge in [0.1, 0.15) is 24.9 Å². The number of amides is 1. The van der Waals surface area contributed by atoms with Crippen molar-refractivity contribution in [1.82, 2.24) is 24.2 Å². The summed E-state index contributed by atoms with van der Waals surface area (Å²) >= 11 is 0. The highest BCUT2D eigenvalue weighted by atomic mass is 16.6. The molecule has 4 heterocycles. The fraction of sp³-hybridized carbons (Fsp3) is 0.333. The molecule has 14 nitrogen and oxygen atoms in total. The van der Waals surface area contributed by atoms with E-state index in [1.165, 1.54) is 15.6 Å². The van der Waals surface area contributed by atoms with Crippen molar-refractivity contribution in [2.75, 3.05) is 24.3 Å². The minimum absolute atomic E-state index is 0.00322. The molecule has 0 saturated carbocycles. The summed E-state index contributed by atoms with van der Waals surface area (Å²) in [6.45, 7) is 0.111. The van der Waals surface area contributed by atoms with Gasteiger partial charge >= 0.3 is 6.09 Å². The monoisotopic (exact) mass is 484 g/mol.